The average molecular weight is 391 g/mol. The second-order valence-corrected chi connectivity index (χ2v) is 6.82. The van der Waals surface area contributed by atoms with Gasteiger partial charge in [-0.1, -0.05) is 30.3 Å². The fourth-order valence-electron chi connectivity index (χ4n) is 3.34. The summed E-state index contributed by atoms with van der Waals surface area (Å²) in [6, 6.07) is 11.6. The number of aromatic nitrogens is 3. The highest BCUT2D eigenvalue weighted by Crippen LogP contribution is 2.30. The standard InChI is InChI=1S/C21H21N5O3/c1-12(14-7-5-4-6-8-14)23-17(27)10-16-9-15-11-22-20(28-3)18(15)19(24-16)21-26-25-13(2)29-21/h4-9,12H,10-11H2,1-3H3,(H,23,27)/t12-/m1/s1. The van der Waals surface area contributed by atoms with Crippen molar-refractivity contribution < 1.29 is 13.9 Å². The number of hydrogen-bond donors (Lipinski definition) is 1. The van der Waals surface area contributed by atoms with E-state index in [0.717, 1.165) is 16.7 Å². The van der Waals surface area contributed by atoms with Gasteiger partial charge in [0, 0.05) is 6.92 Å². The fourth-order valence-corrected chi connectivity index (χ4v) is 3.34. The van der Waals surface area contributed by atoms with E-state index in [4.69, 9.17) is 9.15 Å². The van der Waals surface area contributed by atoms with Crippen LogP contribution in [0.4, 0.5) is 0 Å². The van der Waals surface area contributed by atoms with Crippen LogP contribution in [0.5, 0.6) is 0 Å². The van der Waals surface area contributed by atoms with Gasteiger partial charge in [-0.2, -0.15) is 0 Å². The molecule has 1 amide bonds. The van der Waals surface area contributed by atoms with Crippen molar-refractivity contribution in [2.75, 3.05) is 7.11 Å². The molecule has 1 atom stereocenters. The molecule has 8 heteroatoms. The first kappa shape index (κ1) is 18.8. The predicted molar refractivity (Wildman–Crippen MR) is 106 cm³/mol. The Balaban J connectivity index is 1.60. The van der Waals surface area contributed by atoms with Gasteiger partial charge in [0.25, 0.3) is 5.89 Å². The number of carbonyl (C=O) groups excluding carboxylic acids is 1. The zero-order valence-electron chi connectivity index (χ0n) is 16.5. The first-order chi connectivity index (χ1) is 14.0. The van der Waals surface area contributed by atoms with Crippen molar-refractivity contribution >= 4 is 11.8 Å². The number of aliphatic imine (C=N–C) groups is 1. The number of nitrogens with one attached hydrogen (secondary N) is 1. The third-order valence-electron chi connectivity index (χ3n) is 4.70. The molecule has 3 aromatic rings. The highest BCUT2D eigenvalue weighted by atomic mass is 16.5. The summed E-state index contributed by atoms with van der Waals surface area (Å²) in [7, 11) is 1.56. The van der Waals surface area contributed by atoms with Gasteiger partial charge in [-0.15, -0.1) is 10.2 Å². The molecule has 0 unspecified atom stereocenters. The van der Waals surface area contributed by atoms with Gasteiger partial charge in [-0.25, -0.2) is 9.98 Å². The van der Waals surface area contributed by atoms with Gasteiger partial charge in [-0.3, -0.25) is 4.79 Å². The lowest BCUT2D eigenvalue weighted by Crippen LogP contribution is -2.28. The summed E-state index contributed by atoms with van der Waals surface area (Å²) >= 11 is 0. The van der Waals surface area contributed by atoms with Crippen LogP contribution >= 0.6 is 0 Å². The summed E-state index contributed by atoms with van der Waals surface area (Å²) in [5.41, 5.74) is 3.79. The average Bonchev–Trinajstić information content (AvgIpc) is 3.34. The Morgan fingerprint density at radius 3 is 2.76 bits per heavy atom. The molecule has 0 fully saturated rings. The first-order valence-electron chi connectivity index (χ1n) is 9.31. The minimum atomic E-state index is -0.118. The molecule has 29 heavy (non-hydrogen) atoms. The SMILES string of the molecule is COC1=NCc2cc(CC(=O)N[C@H](C)c3ccccc3)nc(-c3nnc(C)o3)c21. The monoisotopic (exact) mass is 391 g/mol. The van der Waals surface area contributed by atoms with Crippen molar-refractivity contribution in [1.82, 2.24) is 20.5 Å². The number of ether oxygens (including phenoxy) is 1. The van der Waals surface area contributed by atoms with E-state index in [2.05, 4.69) is 25.5 Å². The summed E-state index contributed by atoms with van der Waals surface area (Å²) in [6.45, 7) is 4.12. The molecule has 0 aliphatic carbocycles. The number of nitrogens with zero attached hydrogens (tertiary/aromatic N) is 4. The van der Waals surface area contributed by atoms with E-state index < -0.39 is 0 Å². The minimum Gasteiger partial charge on any atom is -0.481 e. The molecule has 2 aromatic heterocycles. The van der Waals surface area contributed by atoms with Gasteiger partial charge in [0.2, 0.25) is 17.7 Å². The molecular formula is C21H21N5O3. The highest BCUT2D eigenvalue weighted by molar-refractivity contribution is 6.02. The van der Waals surface area contributed by atoms with Crippen molar-refractivity contribution in [1.29, 1.82) is 0 Å². The quantitative estimate of drug-likeness (QED) is 0.717. The number of rotatable bonds is 5. The topological polar surface area (TPSA) is 102 Å². The summed E-state index contributed by atoms with van der Waals surface area (Å²) in [5, 5.41) is 11.0. The third-order valence-corrected chi connectivity index (χ3v) is 4.70. The van der Waals surface area contributed by atoms with Crippen LogP contribution in [0.1, 0.15) is 41.2 Å². The molecule has 0 bridgehead atoms. The van der Waals surface area contributed by atoms with Crippen molar-refractivity contribution in [3.05, 3.63) is 64.7 Å². The molecular weight excluding hydrogens is 370 g/mol. The zero-order valence-corrected chi connectivity index (χ0v) is 16.5. The Morgan fingerprint density at radius 1 is 1.28 bits per heavy atom. The Labute approximate surface area is 168 Å². The number of aryl methyl sites for hydroxylation is 1. The molecule has 1 aliphatic rings. The molecule has 1 aromatic carbocycles. The van der Waals surface area contributed by atoms with Crippen molar-refractivity contribution in [3.63, 3.8) is 0 Å². The van der Waals surface area contributed by atoms with Crippen molar-refractivity contribution in [2.24, 2.45) is 4.99 Å². The van der Waals surface area contributed by atoms with E-state index >= 15 is 0 Å². The second kappa shape index (κ2) is 7.83. The van der Waals surface area contributed by atoms with Crippen molar-refractivity contribution in [3.8, 4) is 11.6 Å². The van der Waals surface area contributed by atoms with E-state index in [1.165, 1.54) is 0 Å². The Morgan fingerprint density at radius 2 is 2.07 bits per heavy atom. The number of fused-ring (bicyclic) bond motifs is 1. The molecule has 8 nitrogen and oxygen atoms in total. The van der Waals surface area contributed by atoms with Gasteiger partial charge < -0.3 is 14.5 Å². The lowest BCUT2D eigenvalue weighted by molar-refractivity contribution is -0.121. The maximum absolute atomic E-state index is 12.6. The third kappa shape index (κ3) is 3.87. The number of benzene rings is 1. The number of amides is 1. The van der Waals surface area contributed by atoms with Crippen LogP contribution in [0.25, 0.3) is 11.6 Å². The number of carbonyl (C=O) groups is 1. The minimum absolute atomic E-state index is 0.0976. The predicted octanol–water partition coefficient (Wildman–Crippen LogP) is 2.77. The molecule has 4 rings (SSSR count). The number of pyridine rings is 1. The molecule has 0 radical (unpaired) electrons. The van der Waals surface area contributed by atoms with E-state index in [0.29, 0.717) is 29.7 Å². The zero-order chi connectivity index (χ0) is 20.4. The van der Waals surface area contributed by atoms with Gasteiger partial charge in [0.05, 0.1) is 37.4 Å². The summed E-state index contributed by atoms with van der Waals surface area (Å²) in [4.78, 5) is 21.6. The lowest BCUT2D eigenvalue weighted by Gasteiger charge is -2.15. The van der Waals surface area contributed by atoms with E-state index in [1.54, 1.807) is 14.0 Å². The molecule has 0 saturated carbocycles. The molecule has 1 N–H and O–H groups in total. The Kier molecular flexibility index (Phi) is 5.07. The summed E-state index contributed by atoms with van der Waals surface area (Å²) in [5.74, 6) is 1.08. The van der Waals surface area contributed by atoms with Crippen molar-refractivity contribution in [2.45, 2.75) is 32.9 Å². The molecule has 3 heterocycles. The maximum Gasteiger partial charge on any atom is 0.267 e. The van der Waals surface area contributed by atoms with Crippen LogP contribution in [0.2, 0.25) is 0 Å². The number of hydrogen-bond acceptors (Lipinski definition) is 7. The second-order valence-electron chi connectivity index (χ2n) is 6.82. The Bertz CT molecular complexity index is 1080. The van der Waals surface area contributed by atoms with E-state index in [9.17, 15) is 4.79 Å². The first-order valence-corrected chi connectivity index (χ1v) is 9.31. The lowest BCUT2D eigenvalue weighted by atomic mass is 10.0. The largest absolute Gasteiger partial charge is 0.481 e. The molecule has 1 aliphatic heterocycles. The number of methoxy groups -OCH3 is 1. The Hall–Kier alpha value is -3.55. The van der Waals surface area contributed by atoms with Crippen LogP contribution in [0.3, 0.4) is 0 Å². The normalized spacial score (nSPS) is 13.6. The van der Waals surface area contributed by atoms with Crippen LogP contribution < -0.4 is 5.32 Å². The highest BCUT2D eigenvalue weighted by Gasteiger charge is 2.27. The fraction of sp³-hybridized carbons (Fsp3) is 0.286. The van der Waals surface area contributed by atoms with Gasteiger partial charge in [-0.05, 0) is 24.1 Å². The van der Waals surface area contributed by atoms with Crippen LogP contribution in [0, 0.1) is 6.92 Å². The summed E-state index contributed by atoms with van der Waals surface area (Å²) < 4.78 is 10.9. The van der Waals surface area contributed by atoms with Gasteiger partial charge >= 0.3 is 0 Å². The summed E-state index contributed by atoms with van der Waals surface area (Å²) in [6.07, 6.45) is 0.132. The molecule has 148 valence electrons. The molecule has 0 saturated heterocycles. The van der Waals surface area contributed by atoms with Crippen LogP contribution in [-0.2, 0) is 22.5 Å². The van der Waals surface area contributed by atoms with E-state index in [1.807, 2.05) is 43.3 Å². The molecule has 0 spiro atoms. The van der Waals surface area contributed by atoms with Crippen LogP contribution in [0.15, 0.2) is 45.8 Å². The smallest absolute Gasteiger partial charge is 0.267 e. The van der Waals surface area contributed by atoms with Crippen LogP contribution in [-0.4, -0.2) is 34.1 Å². The maximum atomic E-state index is 12.6. The van der Waals surface area contributed by atoms with E-state index in [-0.39, 0.29) is 24.3 Å². The van der Waals surface area contributed by atoms with Gasteiger partial charge in [0.1, 0.15) is 5.69 Å². The van der Waals surface area contributed by atoms with Gasteiger partial charge in [0.15, 0.2) is 0 Å².